The molecule has 0 fully saturated rings. The highest BCUT2D eigenvalue weighted by atomic mass is 35.5. The molecule has 114 valence electrons. The monoisotopic (exact) mass is 325 g/mol. The van der Waals surface area contributed by atoms with E-state index in [2.05, 4.69) is 9.97 Å². The summed E-state index contributed by atoms with van der Waals surface area (Å²) in [7, 11) is 0. The Bertz CT molecular complexity index is 853. The van der Waals surface area contributed by atoms with Crippen molar-refractivity contribution in [2.75, 3.05) is 0 Å². The van der Waals surface area contributed by atoms with E-state index >= 15 is 0 Å². The number of nitrogens with two attached hydrogens (primary N) is 1. The van der Waals surface area contributed by atoms with Gasteiger partial charge in [-0.15, -0.1) is 0 Å². The van der Waals surface area contributed by atoms with Gasteiger partial charge < -0.3 is 10.5 Å². The van der Waals surface area contributed by atoms with Crippen molar-refractivity contribution < 1.29 is 9.53 Å². The molecule has 23 heavy (non-hydrogen) atoms. The average molecular weight is 326 g/mol. The van der Waals surface area contributed by atoms with Crippen molar-refractivity contribution >= 4 is 17.5 Å². The molecule has 0 aliphatic carbocycles. The van der Waals surface area contributed by atoms with E-state index < -0.39 is 5.91 Å². The SMILES string of the molecule is NC(=O)c1cc(Cl)cnc1Oc1cccc(-c2ccccn2)c1. The Balaban J connectivity index is 1.94. The fraction of sp³-hybridized carbons (Fsp3) is 0. The zero-order valence-corrected chi connectivity index (χ0v) is 12.7. The topological polar surface area (TPSA) is 78.1 Å². The van der Waals surface area contributed by atoms with Crippen LogP contribution in [0.4, 0.5) is 0 Å². The van der Waals surface area contributed by atoms with Gasteiger partial charge in [0.2, 0.25) is 5.88 Å². The molecule has 0 bridgehead atoms. The van der Waals surface area contributed by atoms with Gasteiger partial charge >= 0.3 is 0 Å². The van der Waals surface area contributed by atoms with Gasteiger partial charge in [0.05, 0.1) is 10.7 Å². The zero-order chi connectivity index (χ0) is 16.2. The third kappa shape index (κ3) is 3.46. The molecule has 0 spiro atoms. The average Bonchev–Trinajstić information content (AvgIpc) is 2.57. The highest BCUT2D eigenvalue weighted by molar-refractivity contribution is 6.30. The van der Waals surface area contributed by atoms with Crippen molar-refractivity contribution in [3.05, 3.63) is 71.5 Å². The summed E-state index contributed by atoms with van der Waals surface area (Å²) in [5, 5.41) is 0.313. The summed E-state index contributed by atoms with van der Waals surface area (Å²) in [6.45, 7) is 0. The van der Waals surface area contributed by atoms with Crippen molar-refractivity contribution in [3.8, 4) is 22.9 Å². The fourth-order valence-electron chi connectivity index (χ4n) is 2.05. The van der Waals surface area contributed by atoms with E-state index in [4.69, 9.17) is 22.1 Å². The summed E-state index contributed by atoms with van der Waals surface area (Å²) in [4.78, 5) is 19.8. The highest BCUT2D eigenvalue weighted by Gasteiger charge is 2.13. The maximum absolute atomic E-state index is 11.5. The van der Waals surface area contributed by atoms with Crippen LogP contribution in [0.3, 0.4) is 0 Å². The number of pyridine rings is 2. The Morgan fingerprint density at radius 3 is 2.70 bits per heavy atom. The molecule has 1 amide bonds. The van der Waals surface area contributed by atoms with Gasteiger partial charge in [-0.25, -0.2) is 4.98 Å². The number of ether oxygens (including phenoxy) is 1. The van der Waals surface area contributed by atoms with Crippen LogP contribution >= 0.6 is 11.6 Å². The van der Waals surface area contributed by atoms with E-state index in [1.165, 1.54) is 12.3 Å². The molecule has 6 heteroatoms. The smallest absolute Gasteiger partial charge is 0.254 e. The van der Waals surface area contributed by atoms with Gasteiger partial charge in [0.25, 0.3) is 5.91 Å². The third-order valence-corrected chi connectivity index (χ3v) is 3.30. The lowest BCUT2D eigenvalue weighted by molar-refractivity contribution is 0.0997. The standard InChI is InChI=1S/C17H12ClN3O2/c18-12-9-14(16(19)22)17(21-10-12)23-13-5-3-4-11(8-13)15-6-1-2-7-20-15/h1-10H,(H2,19,22). The number of rotatable bonds is 4. The summed E-state index contributed by atoms with van der Waals surface area (Å²) >= 11 is 5.84. The lowest BCUT2D eigenvalue weighted by Crippen LogP contribution is -2.13. The Morgan fingerprint density at radius 1 is 1.09 bits per heavy atom. The first kappa shape index (κ1) is 15.0. The second kappa shape index (κ2) is 6.46. The lowest BCUT2D eigenvalue weighted by atomic mass is 10.1. The van der Waals surface area contributed by atoms with E-state index in [1.807, 2.05) is 36.4 Å². The van der Waals surface area contributed by atoms with Crippen LogP contribution in [0.15, 0.2) is 60.9 Å². The molecule has 3 aromatic rings. The van der Waals surface area contributed by atoms with Crippen LogP contribution in [0, 0.1) is 0 Å². The predicted molar refractivity (Wildman–Crippen MR) is 87.5 cm³/mol. The second-order valence-electron chi connectivity index (χ2n) is 4.72. The van der Waals surface area contributed by atoms with Crippen LogP contribution in [0.25, 0.3) is 11.3 Å². The van der Waals surface area contributed by atoms with E-state index in [9.17, 15) is 4.79 Å². The maximum Gasteiger partial charge on any atom is 0.254 e. The van der Waals surface area contributed by atoms with E-state index in [1.54, 1.807) is 12.3 Å². The second-order valence-corrected chi connectivity index (χ2v) is 5.15. The molecule has 0 unspecified atom stereocenters. The molecule has 0 aliphatic heterocycles. The number of benzene rings is 1. The predicted octanol–water partition coefficient (Wildman–Crippen LogP) is 3.69. The van der Waals surface area contributed by atoms with E-state index in [0.717, 1.165) is 11.3 Å². The first-order chi connectivity index (χ1) is 11.1. The number of aromatic nitrogens is 2. The number of amides is 1. The van der Waals surface area contributed by atoms with Gasteiger partial charge in [-0.3, -0.25) is 9.78 Å². The zero-order valence-electron chi connectivity index (χ0n) is 11.9. The van der Waals surface area contributed by atoms with Crippen LogP contribution < -0.4 is 10.5 Å². The van der Waals surface area contributed by atoms with Gasteiger partial charge in [-0.2, -0.15) is 0 Å². The van der Waals surface area contributed by atoms with Crippen LogP contribution in [0.2, 0.25) is 5.02 Å². The van der Waals surface area contributed by atoms with Crippen molar-refractivity contribution in [2.24, 2.45) is 5.73 Å². The van der Waals surface area contributed by atoms with Gasteiger partial charge in [-0.05, 0) is 30.3 Å². The minimum Gasteiger partial charge on any atom is -0.438 e. The van der Waals surface area contributed by atoms with Crippen LogP contribution in [0.5, 0.6) is 11.6 Å². The maximum atomic E-state index is 11.5. The fourth-order valence-corrected chi connectivity index (χ4v) is 2.21. The Labute approximate surface area is 137 Å². The molecule has 3 rings (SSSR count). The lowest BCUT2D eigenvalue weighted by Gasteiger charge is -2.09. The Morgan fingerprint density at radius 2 is 1.96 bits per heavy atom. The molecule has 0 saturated heterocycles. The van der Waals surface area contributed by atoms with Crippen LogP contribution in [0.1, 0.15) is 10.4 Å². The molecule has 5 nitrogen and oxygen atoms in total. The minimum atomic E-state index is -0.657. The van der Waals surface area contributed by atoms with Crippen molar-refractivity contribution in [1.82, 2.24) is 9.97 Å². The summed E-state index contributed by atoms with van der Waals surface area (Å²) < 4.78 is 5.69. The molecular weight excluding hydrogens is 314 g/mol. The molecule has 0 aliphatic rings. The molecule has 0 radical (unpaired) electrons. The molecule has 0 saturated carbocycles. The molecule has 0 atom stereocenters. The van der Waals surface area contributed by atoms with Gasteiger partial charge in [0, 0.05) is 18.0 Å². The summed E-state index contributed by atoms with van der Waals surface area (Å²) in [6, 6.07) is 14.4. The summed E-state index contributed by atoms with van der Waals surface area (Å²) in [6.07, 6.45) is 3.11. The first-order valence-electron chi connectivity index (χ1n) is 6.78. The molecule has 2 N–H and O–H groups in total. The van der Waals surface area contributed by atoms with Crippen molar-refractivity contribution in [2.45, 2.75) is 0 Å². The summed E-state index contributed by atoms with van der Waals surface area (Å²) in [5.74, 6) is -0.0265. The molecular formula is C17H12ClN3O2. The van der Waals surface area contributed by atoms with Gasteiger partial charge in [-0.1, -0.05) is 29.8 Å². The number of nitrogens with zero attached hydrogens (tertiary/aromatic N) is 2. The normalized spacial score (nSPS) is 10.3. The van der Waals surface area contributed by atoms with Crippen LogP contribution in [-0.2, 0) is 0 Å². The van der Waals surface area contributed by atoms with E-state index in [0.29, 0.717) is 10.8 Å². The van der Waals surface area contributed by atoms with E-state index in [-0.39, 0.29) is 11.4 Å². The number of primary amides is 1. The van der Waals surface area contributed by atoms with Crippen LogP contribution in [-0.4, -0.2) is 15.9 Å². The highest BCUT2D eigenvalue weighted by Crippen LogP contribution is 2.28. The number of hydrogen-bond donors (Lipinski definition) is 1. The molecule has 1 aromatic carbocycles. The largest absolute Gasteiger partial charge is 0.438 e. The number of hydrogen-bond acceptors (Lipinski definition) is 4. The van der Waals surface area contributed by atoms with Crippen molar-refractivity contribution in [1.29, 1.82) is 0 Å². The minimum absolute atomic E-state index is 0.111. The van der Waals surface area contributed by atoms with Gasteiger partial charge in [0.1, 0.15) is 11.3 Å². The first-order valence-corrected chi connectivity index (χ1v) is 7.16. The summed E-state index contributed by atoms with van der Waals surface area (Å²) in [5.41, 5.74) is 7.16. The van der Waals surface area contributed by atoms with Crippen molar-refractivity contribution in [3.63, 3.8) is 0 Å². The Kier molecular flexibility index (Phi) is 4.21. The number of carbonyl (C=O) groups excluding carboxylic acids is 1. The number of carbonyl (C=O) groups is 1. The molecule has 2 aromatic heterocycles. The van der Waals surface area contributed by atoms with Gasteiger partial charge in [0.15, 0.2) is 0 Å². The number of halogens is 1. The Hall–Kier alpha value is -2.92. The quantitative estimate of drug-likeness (QED) is 0.793. The third-order valence-electron chi connectivity index (χ3n) is 3.09. The molecule has 2 heterocycles.